The van der Waals surface area contributed by atoms with E-state index >= 15 is 0 Å². The lowest BCUT2D eigenvalue weighted by Crippen LogP contribution is -2.52. The molecule has 3 heterocycles. The van der Waals surface area contributed by atoms with Crippen molar-refractivity contribution in [3.63, 3.8) is 0 Å². The van der Waals surface area contributed by atoms with Crippen molar-refractivity contribution in [3.05, 3.63) is 41.3 Å². The molecule has 0 bridgehead atoms. The SMILES string of the molecule is CN=C(NCc1cccc2c1OCCCO2)N1CCN(c2cccs2)CC1. The van der Waals surface area contributed by atoms with Crippen molar-refractivity contribution in [1.29, 1.82) is 0 Å². The minimum atomic E-state index is 0.671. The van der Waals surface area contributed by atoms with Gasteiger partial charge in [0.25, 0.3) is 0 Å². The van der Waals surface area contributed by atoms with E-state index in [9.17, 15) is 0 Å². The van der Waals surface area contributed by atoms with Crippen LogP contribution < -0.4 is 19.7 Å². The van der Waals surface area contributed by atoms with Crippen molar-refractivity contribution in [2.45, 2.75) is 13.0 Å². The molecule has 6 nitrogen and oxygen atoms in total. The maximum Gasteiger partial charge on any atom is 0.194 e. The van der Waals surface area contributed by atoms with E-state index in [1.165, 1.54) is 5.00 Å². The van der Waals surface area contributed by atoms with Gasteiger partial charge in [-0.3, -0.25) is 4.99 Å². The Labute approximate surface area is 164 Å². The predicted octanol–water partition coefficient (Wildman–Crippen LogP) is 2.81. The number of rotatable bonds is 3. The Balaban J connectivity index is 1.37. The first-order chi connectivity index (χ1) is 13.3. The van der Waals surface area contributed by atoms with E-state index in [-0.39, 0.29) is 0 Å². The highest BCUT2D eigenvalue weighted by atomic mass is 32.1. The average molecular weight is 387 g/mol. The minimum absolute atomic E-state index is 0.671. The second-order valence-electron chi connectivity index (χ2n) is 6.62. The molecule has 0 saturated carbocycles. The van der Waals surface area contributed by atoms with E-state index in [1.54, 1.807) is 11.3 Å². The van der Waals surface area contributed by atoms with Gasteiger partial charge in [-0.15, -0.1) is 11.3 Å². The summed E-state index contributed by atoms with van der Waals surface area (Å²) in [6, 6.07) is 10.4. The smallest absolute Gasteiger partial charge is 0.194 e. The fourth-order valence-electron chi connectivity index (χ4n) is 3.49. The molecule has 0 amide bonds. The fraction of sp³-hybridized carbons (Fsp3) is 0.450. The van der Waals surface area contributed by atoms with Crippen LogP contribution in [0.15, 0.2) is 40.7 Å². The van der Waals surface area contributed by atoms with Crippen molar-refractivity contribution in [1.82, 2.24) is 10.2 Å². The summed E-state index contributed by atoms with van der Waals surface area (Å²) in [6.45, 7) is 6.03. The molecule has 1 saturated heterocycles. The maximum absolute atomic E-state index is 5.92. The normalized spacial score (nSPS) is 17.6. The number of anilines is 1. The summed E-state index contributed by atoms with van der Waals surface area (Å²) in [7, 11) is 1.85. The molecule has 1 N–H and O–H groups in total. The molecule has 1 fully saturated rings. The van der Waals surface area contributed by atoms with Gasteiger partial charge >= 0.3 is 0 Å². The van der Waals surface area contributed by atoms with Gasteiger partial charge in [-0.1, -0.05) is 12.1 Å². The molecule has 0 unspecified atom stereocenters. The van der Waals surface area contributed by atoms with Crippen LogP contribution in [0.3, 0.4) is 0 Å². The van der Waals surface area contributed by atoms with Crippen molar-refractivity contribution < 1.29 is 9.47 Å². The highest BCUT2D eigenvalue weighted by Gasteiger charge is 2.21. The van der Waals surface area contributed by atoms with Crippen molar-refractivity contribution in [3.8, 4) is 11.5 Å². The molecule has 27 heavy (non-hydrogen) atoms. The molecule has 1 aromatic heterocycles. The Kier molecular flexibility index (Phi) is 5.67. The van der Waals surface area contributed by atoms with Gasteiger partial charge in [0.15, 0.2) is 17.5 Å². The summed E-state index contributed by atoms with van der Waals surface area (Å²) in [6.07, 6.45) is 0.914. The van der Waals surface area contributed by atoms with Crippen molar-refractivity contribution in [2.75, 3.05) is 51.3 Å². The van der Waals surface area contributed by atoms with E-state index in [0.717, 1.165) is 55.6 Å². The van der Waals surface area contributed by atoms with Crippen LogP contribution in [0.5, 0.6) is 11.5 Å². The van der Waals surface area contributed by atoms with Crippen LogP contribution in [0.25, 0.3) is 0 Å². The van der Waals surface area contributed by atoms with Gasteiger partial charge in [-0.05, 0) is 23.6 Å². The molecule has 0 spiro atoms. The number of para-hydroxylation sites is 1. The molecule has 144 valence electrons. The van der Waals surface area contributed by atoms with E-state index in [4.69, 9.17) is 9.47 Å². The average Bonchev–Trinajstić information content (AvgIpc) is 3.14. The molecule has 0 atom stereocenters. The largest absolute Gasteiger partial charge is 0.490 e. The maximum atomic E-state index is 5.92. The van der Waals surface area contributed by atoms with Crippen LogP contribution in [-0.4, -0.2) is 57.3 Å². The molecular formula is C20H26N4O2S. The fourth-order valence-corrected chi connectivity index (χ4v) is 4.27. The number of fused-ring (bicyclic) bond motifs is 1. The molecule has 2 aromatic rings. The van der Waals surface area contributed by atoms with Crippen molar-refractivity contribution in [2.24, 2.45) is 4.99 Å². The molecule has 0 aliphatic carbocycles. The summed E-state index contributed by atoms with van der Waals surface area (Å²) < 4.78 is 11.7. The van der Waals surface area contributed by atoms with Gasteiger partial charge in [-0.25, -0.2) is 0 Å². The van der Waals surface area contributed by atoms with Crippen LogP contribution in [0, 0.1) is 0 Å². The lowest BCUT2D eigenvalue weighted by atomic mass is 10.2. The molecule has 2 aliphatic heterocycles. The zero-order valence-corrected chi connectivity index (χ0v) is 16.5. The quantitative estimate of drug-likeness (QED) is 0.649. The monoisotopic (exact) mass is 386 g/mol. The summed E-state index contributed by atoms with van der Waals surface area (Å²) in [5.41, 5.74) is 1.10. The molecular weight excluding hydrogens is 360 g/mol. The first-order valence-electron chi connectivity index (χ1n) is 9.46. The van der Waals surface area contributed by atoms with Crippen LogP contribution in [0.4, 0.5) is 5.00 Å². The summed E-state index contributed by atoms with van der Waals surface area (Å²) in [5.74, 6) is 2.64. The Morgan fingerprint density at radius 1 is 1.11 bits per heavy atom. The highest BCUT2D eigenvalue weighted by molar-refractivity contribution is 7.14. The number of ether oxygens (including phenoxy) is 2. The number of guanidine groups is 1. The first-order valence-corrected chi connectivity index (χ1v) is 10.3. The number of thiophene rings is 1. The third-order valence-electron chi connectivity index (χ3n) is 4.90. The minimum Gasteiger partial charge on any atom is -0.490 e. The van der Waals surface area contributed by atoms with Gasteiger partial charge in [0.2, 0.25) is 0 Å². The number of nitrogens with one attached hydrogen (secondary N) is 1. The molecule has 2 aliphatic rings. The topological polar surface area (TPSA) is 49.3 Å². The van der Waals surface area contributed by atoms with E-state index in [1.807, 2.05) is 19.2 Å². The van der Waals surface area contributed by atoms with Gasteiger partial charge in [0, 0.05) is 51.8 Å². The van der Waals surface area contributed by atoms with Crippen LogP contribution in [0.2, 0.25) is 0 Å². The zero-order chi connectivity index (χ0) is 18.5. The van der Waals surface area contributed by atoms with Crippen LogP contribution >= 0.6 is 11.3 Å². The zero-order valence-electron chi connectivity index (χ0n) is 15.7. The third kappa shape index (κ3) is 4.13. The number of piperazine rings is 1. The number of hydrogen-bond acceptors (Lipinski definition) is 5. The standard InChI is InChI=1S/C20H26N4O2S/c1-21-20(24-10-8-23(9-11-24)18-7-3-14-27-18)22-15-16-5-2-6-17-19(16)26-13-4-12-25-17/h2-3,5-7,14H,4,8-13,15H2,1H3,(H,21,22). The number of aliphatic imine (C=N–C) groups is 1. The van der Waals surface area contributed by atoms with E-state index in [0.29, 0.717) is 19.8 Å². The second-order valence-corrected chi connectivity index (χ2v) is 7.55. The highest BCUT2D eigenvalue weighted by Crippen LogP contribution is 2.33. The van der Waals surface area contributed by atoms with Gasteiger partial charge < -0.3 is 24.6 Å². The molecule has 7 heteroatoms. The van der Waals surface area contributed by atoms with E-state index < -0.39 is 0 Å². The molecule has 4 rings (SSSR count). The van der Waals surface area contributed by atoms with Crippen molar-refractivity contribution >= 4 is 22.3 Å². The summed E-state index contributed by atoms with van der Waals surface area (Å²) in [5, 5.41) is 6.98. The predicted molar refractivity (Wildman–Crippen MR) is 110 cm³/mol. The van der Waals surface area contributed by atoms with Crippen LogP contribution in [-0.2, 0) is 6.54 Å². The van der Waals surface area contributed by atoms with Gasteiger partial charge in [0.1, 0.15) is 0 Å². The molecule has 1 aromatic carbocycles. The van der Waals surface area contributed by atoms with Gasteiger partial charge in [-0.2, -0.15) is 0 Å². The second kappa shape index (κ2) is 8.52. The first kappa shape index (κ1) is 18.0. The lowest BCUT2D eigenvalue weighted by Gasteiger charge is -2.37. The Morgan fingerprint density at radius 3 is 2.74 bits per heavy atom. The van der Waals surface area contributed by atoms with E-state index in [2.05, 4.69) is 43.7 Å². The Morgan fingerprint density at radius 2 is 1.96 bits per heavy atom. The van der Waals surface area contributed by atoms with Crippen LogP contribution in [0.1, 0.15) is 12.0 Å². The van der Waals surface area contributed by atoms with Gasteiger partial charge in [0.05, 0.1) is 18.2 Å². The number of nitrogens with zero attached hydrogens (tertiary/aromatic N) is 3. The lowest BCUT2D eigenvalue weighted by molar-refractivity contribution is 0.296. The number of benzene rings is 1. The number of hydrogen-bond donors (Lipinski definition) is 1. The summed E-state index contributed by atoms with van der Waals surface area (Å²) in [4.78, 5) is 9.25. The molecule has 0 radical (unpaired) electrons. The third-order valence-corrected chi connectivity index (χ3v) is 5.83. The Hall–Kier alpha value is -2.41. The Bertz CT molecular complexity index is 770. The summed E-state index contributed by atoms with van der Waals surface area (Å²) >= 11 is 1.80.